The molecule has 2 heterocycles. The molecule has 50 heavy (non-hydrogen) atoms. The van der Waals surface area contributed by atoms with E-state index < -0.39 is 0 Å². The molecule has 0 saturated carbocycles. The molecule has 0 atom stereocenters. The van der Waals surface area contributed by atoms with E-state index in [-0.39, 0.29) is 0 Å². The van der Waals surface area contributed by atoms with Gasteiger partial charge in [0.1, 0.15) is 11.5 Å². The first-order valence-electron chi connectivity index (χ1n) is 17.7. The third-order valence-electron chi connectivity index (χ3n) is 9.42. The summed E-state index contributed by atoms with van der Waals surface area (Å²) in [5.41, 5.74) is 5.86. The van der Waals surface area contributed by atoms with Gasteiger partial charge in [-0.3, -0.25) is 0 Å². The van der Waals surface area contributed by atoms with E-state index in [1.807, 2.05) is 48.5 Å². The van der Waals surface area contributed by atoms with Crippen LogP contribution in [0, 0.1) is 0 Å². The van der Waals surface area contributed by atoms with E-state index >= 15 is 0 Å². The number of hydrogen-bond acceptors (Lipinski definition) is 7. The molecule has 9 heteroatoms. The SMILES string of the molecule is COc1ccc2nc3cc(Cl)ccc3c(NCCCCCCN(C)CCCCCCNc3c4ccc(Cl)cc4nc4ccc(OC)cc34)c2c1. The maximum absolute atomic E-state index is 6.29. The van der Waals surface area contributed by atoms with Crippen molar-refractivity contribution in [1.29, 1.82) is 0 Å². The van der Waals surface area contributed by atoms with E-state index in [9.17, 15) is 0 Å². The second kappa shape index (κ2) is 17.3. The Kier molecular flexibility index (Phi) is 12.3. The van der Waals surface area contributed by atoms with Gasteiger partial charge in [0.05, 0.1) is 47.7 Å². The quantitative estimate of drug-likeness (QED) is 0.0679. The summed E-state index contributed by atoms with van der Waals surface area (Å²) in [4.78, 5) is 12.2. The van der Waals surface area contributed by atoms with Gasteiger partial charge in [0, 0.05) is 44.7 Å². The number of halogens is 2. The highest BCUT2D eigenvalue weighted by Gasteiger charge is 2.12. The standard InChI is InChI=1S/C41H47Cl2N5O2/c1-48(22-10-6-4-8-20-44-40-32-16-12-28(42)24-38(32)46-36-18-14-30(49-2)26-34(36)40)23-11-7-5-9-21-45-41-33-17-13-29(43)25-39(33)47-37-19-15-31(50-3)27-35(37)41/h12-19,24-27H,4-11,20-23H2,1-3H3,(H,44,46)(H,45,47). The average molecular weight is 713 g/mol. The van der Waals surface area contributed by atoms with Crippen LogP contribution in [0.2, 0.25) is 10.0 Å². The number of ether oxygens (including phenoxy) is 2. The molecule has 0 fully saturated rings. The van der Waals surface area contributed by atoms with Gasteiger partial charge >= 0.3 is 0 Å². The molecule has 0 aliphatic rings. The van der Waals surface area contributed by atoms with Crippen LogP contribution in [0.4, 0.5) is 11.4 Å². The first-order valence-corrected chi connectivity index (χ1v) is 18.5. The van der Waals surface area contributed by atoms with Crippen LogP contribution < -0.4 is 20.1 Å². The third kappa shape index (κ3) is 8.81. The first kappa shape index (κ1) is 35.8. The summed E-state index contributed by atoms with van der Waals surface area (Å²) in [6, 6.07) is 23.9. The normalized spacial score (nSPS) is 11.6. The van der Waals surface area contributed by atoms with E-state index in [4.69, 9.17) is 42.6 Å². The highest BCUT2D eigenvalue weighted by atomic mass is 35.5. The first-order chi connectivity index (χ1) is 24.4. The number of nitrogens with one attached hydrogen (secondary N) is 2. The molecular formula is C41H47Cl2N5O2. The Bertz CT molecular complexity index is 1920. The number of methoxy groups -OCH3 is 2. The Balaban J connectivity index is 0.884. The Hall–Kier alpha value is -4.04. The van der Waals surface area contributed by atoms with Crippen LogP contribution in [0.5, 0.6) is 11.5 Å². The zero-order chi connectivity index (χ0) is 34.9. The predicted octanol–water partition coefficient (Wildman–Crippen LogP) is 11.0. The molecule has 6 aromatic rings. The predicted molar refractivity (Wildman–Crippen MR) is 213 cm³/mol. The number of unbranched alkanes of at least 4 members (excludes halogenated alkanes) is 6. The van der Waals surface area contributed by atoms with Gasteiger partial charge in [-0.2, -0.15) is 0 Å². The van der Waals surface area contributed by atoms with Crippen LogP contribution in [0.3, 0.4) is 0 Å². The maximum atomic E-state index is 6.29. The van der Waals surface area contributed by atoms with Crippen molar-refractivity contribution in [1.82, 2.24) is 14.9 Å². The molecule has 0 aliphatic carbocycles. The van der Waals surface area contributed by atoms with Crippen molar-refractivity contribution < 1.29 is 9.47 Å². The Morgan fingerprint density at radius 1 is 0.520 bits per heavy atom. The second-order valence-corrected chi connectivity index (χ2v) is 13.9. The highest BCUT2D eigenvalue weighted by molar-refractivity contribution is 6.32. The topological polar surface area (TPSA) is 71.5 Å². The molecule has 0 aliphatic heterocycles. The van der Waals surface area contributed by atoms with Crippen molar-refractivity contribution in [3.63, 3.8) is 0 Å². The minimum Gasteiger partial charge on any atom is -0.497 e. The highest BCUT2D eigenvalue weighted by Crippen LogP contribution is 2.35. The minimum absolute atomic E-state index is 0.694. The molecule has 262 valence electrons. The monoisotopic (exact) mass is 711 g/mol. The lowest BCUT2D eigenvalue weighted by Gasteiger charge is -2.17. The summed E-state index contributed by atoms with van der Waals surface area (Å²) < 4.78 is 11.0. The van der Waals surface area contributed by atoms with Gasteiger partial charge in [-0.1, -0.05) is 48.9 Å². The van der Waals surface area contributed by atoms with Gasteiger partial charge in [-0.15, -0.1) is 0 Å². The van der Waals surface area contributed by atoms with E-state index in [0.29, 0.717) is 10.0 Å². The fraction of sp³-hybridized carbons (Fsp3) is 0.366. The summed E-state index contributed by atoms with van der Waals surface area (Å²) in [6.07, 6.45) is 9.55. The van der Waals surface area contributed by atoms with Crippen LogP contribution in [-0.4, -0.2) is 62.3 Å². The second-order valence-electron chi connectivity index (χ2n) is 13.0. The van der Waals surface area contributed by atoms with Crippen LogP contribution in [0.15, 0.2) is 72.8 Å². The summed E-state index contributed by atoms with van der Waals surface area (Å²) in [5, 5.41) is 13.1. The van der Waals surface area contributed by atoms with Crippen LogP contribution in [-0.2, 0) is 0 Å². The van der Waals surface area contributed by atoms with E-state index in [2.05, 4.69) is 46.8 Å². The largest absolute Gasteiger partial charge is 0.497 e. The average Bonchev–Trinajstić information content (AvgIpc) is 3.12. The van der Waals surface area contributed by atoms with Crippen molar-refractivity contribution >= 4 is 78.2 Å². The molecule has 7 nitrogen and oxygen atoms in total. The van der Waals surface area contributed by atoms with Gasteiger partial charge in [-0.25, -0.2) is 9.97 Å². The van der Waals surface area contributed by atoms with Crippen molar-refractivity contribution in [2.75, 3.05) is 58.1 Å². The van der Waals surface area contributed by atoms with Gasteiger partial charge in [0.2, 0.25) is 0 Å². The molecule has 0 bridgehead atoms. The molecule has 2 N–H and O–H groups in total. The van der Waals surface area contributed by atoms with E-state index in [1.165, 1.54) is 38.5 Å². The molecule has 0 amide bonds. The Labute approximate surface area is 305 Å². The number of aromatic nitrogens is 2. The molecule has 4 aromatic carbocycles. The molecule has 0 radical (unpaired) electrons. The van der Waals surface area contributed by atoms with Crippen LogP contribution in [0.1, 0.15) is 51.4 Å². The molecule has 0 unspecified atom stereocenters. The molecule has 2 aromatic heterocycles. The van der Waals surface area contributed by atoms with Gasteiger partial charge in [0.25, 0.3) is 0 Å². The van der Waals surface area contributed by atoms with Crippen LogP contribution >= 0.6 is 23.2 Å². The summed E-state index contributed by atoms with van der Waals surface area (Å²) in [5.74, 6) is 1.65. The van der Waals surface area contributed by atoms with Crippen LogP contribution in [0.25, 0.3) is 43.6 Å². The number of anilines is 2. The molecule has 0 spiro atoms. The lowest BCUT2D eigenvalue weighted by molar-refractivity contribution is 0.315. The summed E-state index contributed by atoms with van der Waals surface area (Å²) in [6.45, 7) is 4.11. The lowest BCUT2D eigenvalue weighted by atomic mass is 10.1. The van der Waals surface area contributed by atoms with Crippen molar-refractivity contribution in [3.8, 4) is 11.5 Å². The fourth-order valence-electron chi connectivity index (χ4n) is 6.69. The van der Waals surface area contributed by atoms with Gasteiger partial charge < -0.3 is 25.0 Å². The minimum atomic E-state index is 0.694. The van der Waals surface area contributed by atoms with Gasteiger partial charge in [0.15, 0.2) is 0 Å². The lowest BCUT2D eigenvalue weighted by Crippen LogP contribution is -2.21. The number of fused-ring (bicyclic) bond motifs is 4. The van der Waals surface area contributed by atoms with E-state index in [1.54, 1.807) is 14.2 Å². The number of rotatable bonds is 18. The summed E-state index contributed by atoms with van der Waals surface area (Å²) >= 11 is 12.6. The molecule has 6 rings (SSSR count). The third-order valence-corrected chi connectivity index (χ3v) is 9.89. The fourth-order valence-corrected chi connectivity index (χ4v) is 7.02. The Morgan fingerprint density at radius 2 is 0.960 bits per heavy atom. The molecule has 0 saturated heterocycles. The zero-order valence-electron chi connectivity index (χ0n) is 29.3. The van der Waals surface area contributed by atoms with Crippen molar-refractivity contribution in [2.45, 2.75) is 51.4 Å². The summed E-state index contributed by atoms with van der Waals surface area (Å²) in [7, 11) is 5.65. The smallest absolute Gasteiger partial charge is 0.119 e. The number of benzene rings is 4. The number of pyridine rings is 2. The maximum Gasteiger partial charge on any atom is 0.119 e. The molecular weight excluding hydrogens is 665 g/mol. The van der Waals surface area contributed by atoms with E-state index in [0.717, 1.165) is 106 Å². The zero-order valence-corrected chi connectivity index (χ0v) is 30.8. The number of hydrogen-bond donors (Lipinski definition) is 2. The van der Waals surface area contributed by atoms with Gasteiger partial charge in [-0.05, 0) is 119 Å². The Morgan fingerprint density at radius 3 is 1.40 bits per heavy atom. The number of nitrogens with zero attached hydrogens (tertiary/aromatic N) is 3. The van der Waals surface area contributed by atoms with Crippen molar-refractivity contribution in [2.24, 2.45) is 0 Å². The van der Waals surface area contributed by atoms with Crippen molar-refractivity contribution in [3.05, 3.63) is 82.8 Å².